The van der Waals surface area contributed by atoms with E-state index >= 15 is 0 Å². The van der Waals surface area contributed by atoms with E-state index in [1.807, 2.05) is 0 Å². The summed E-state index contributed by atoms with van der Waals surface area (Å²) >= 11 is 0. The van der Waals surface area contributed by atoms with Gasteiger partial charge in [-0.05, 0) is 31.0 Å². The van der Waals surface area contributed by atoms with E-state index in [4.69, 9.17) is 0 Å². The first-order valence-electron chi connectivity index (χ1n) is 6.30. The van der Waals surface area contributed by atoms with Crippen LogP contribution in [0.3, 0.4) is 0 Å². The topological polar surface area (TPSA) is 4.93 Å². The van der Waals surface area contributed by atoms with Crippen molar-refractivity contribution in [3.8, 4) is 11.3 Å². The van der Waals surface area contributed by atoms with Gasteiger partial charge in [0.15, 0.2) is 0 Å². The molecule has 18 heavy (non-hydrogen) atoms. The second-order valence-corrected chi connectivity index (χ2v) is 4.86. The number of hydrogen-bond acceptors (Lipinski definition) is 0. The van der Waals surface area contributed by atoms with E-state index < -0.39 is 0 Å². The van der Waals surface area contributed by atoms with Crippen molar-refractivity contribution in [2.45, 2.75) is 13.8 Å². The van der Waals surface area contributed by atoms with Crippen LogP contribution < -0.4 is 0 Å². The van der Waals surface area contributed by atoms with Crippen molar-refractivity contribution in [3.05, 3.63) is 59.7 Å². The van der Waals surface area contributed by atoms with E-state index in [0.29, 0.717) is 0 Å². The number of nitrogens with zero attached hydrogens (tertiary/aromatic N) is 1. The monoisotopic (exact) mass is 235 g/mol. The summed E-state index contributed by atoms with van der Waals surface area (Å²) in [5, 5.41) is 1.35. The molecule has 0 unspecified atom stereocenters. The summed E-state index contributed by atoms with van der Waals surface area (Å²) in [6.07, 6.45) is 0. The Bertz CT molecular complexity index is 681. The summed E-state index contributed by atoms with van der Waals surface area (Å²) in [6.45, 7) is 4.39. The average Bonchev–Trinajstić information content (AvgIpc) is 2.64. The maximum Gasteiger partial charge on any atom is 0.0521 e. The molecule has 0 aliphatic heterocycles. The number of aryl methyl sites for hydroxylation is 3. The molecule has 1 heteroatoms. The van der Waals surface area contributed by atoms with Gasteiger partial charge in [0.1, 0.15) is 0 Å². The molecule has 0 fully saturated rings. The summed E-state index contributed by atoms with van der Waals surface area (Å²) in [5.74, 6) is 0. The van der Waals surface area contributed by atoms with Crippen molar-refractivity contribution in [1.82, 2.24) is 4.57 Å². The summed E-state index contributed by atoms with van der Waals surface area (Å²) in [5.41, 5.74) is 6.64. The van der Waals surface area contributed by atoms with E-state index in [9.17, 15) is 0 Å². The lowest BCUT2D eigenvalue weighted by Crippen LogP contribution is -1.94. The molecule has 0 saturated heterocycles. The minimum absolute atomic E-state index is 1.30. The van der Waals surface area contributed by atoms with Crippen LogP contribution in [0.5, 0.6) is 0 Å². The number of aromatic nitrogens is 1. The van der Waals surface area contributed by atoms with Gasteiger partial charge in [-0.25, -0.2) is 0 Å². The first-order valence-corrected chi connectivity index (χ1v) is 6.30. The number of rotatable bonds is 1. The normalized spacial score (nSPS) is 11.1. The zero-order valence-corrected chi connectivity index (χ0v) is 11.1. The van der Waals surface area contributed by atoms with Gasteiger partial charge in [-0.3, -0.25) is 0 Å². The summed E-state index contributed by atoms with van der Waals surface area (Å²) in [4.78, 5) is 0. The Morgan fingerprint density at radius 2 is 1.50 bits per heavy atom. The molecule has 0 bridgehead atoms. The summed E-state index contributed by atoms with van der Waals surface area (Å²) in [6, 6.07) is 17.2. The fourth-order valence-corrected chi connectivity index (χ4v) is 2.80. The van der Waals surface area contributed by atoms with Gasteiger partial charge in [-0.2, -0.15) is 0 Å². The second kappa shape index (κ2) is 4.02. The van der Waals surface area contributed by atoms with Crippen molar-refractivity contribution in [2.75, 3.05) is 0 Å². The van der Waals surface area contributed by atoms with E-state index in [1.54, 1.807) is 0 Å². The fraction of sp³-hybridized carbons (Fsp3) is 0.176. The molecule has 0 aliphatic carbocycles. The number of benzene rings is 2. The minimum Gasteiger partial charge on any atom is -0.343 e. The Balaban J connectivity index is 2.40. The predicted molar refractivity (Wildman–Crippen MR) is 77.8 cm³/mol. The van der Waals surface area contributed by atoms with Gasteiger partial charge < -0.3 is 4.57 Å². The van der Waals surface area contributed by atoms with Crippen molar-refractivity contribution in [1.29, 1.82) is 0 Å². The van der Waals surface area contributed by atoms with E-state index in [1.165, 1.54) is 33.3 Å². The van der Waals surface area contributed by atoms with Crippen LogP contribution in [0, 0.1) is 13.8 Å². The Hall–Kier alpha value is -2.02. The first-order chi connectivity index (χ1) is 8.70. The van der Waals surface area contributed by atoms with Crippen LogP contribution in [0.1, 0.15) is 11.1 Å². The molecule has 0 amide bonds. The van der Waals surface area contributed by atoms with Gasteiger partial charge in [-0.15, -0.1) is 0 Å². The van der Waals surface area contributed by atoms with Crippen LogP contribution >= 0.6 is 0 Å². The van der Waals surface area contributed by atoms with Crippen LogP contribution in [0.15, 0.2) is 48.5 Å². The molecular formula is C17H17N. The highest BCUT2D eigenvalue weighted by molar-refractivity contribution is 5.91. The van der Waals surface area contributed by atoms with Crippen LogP contribution in [0.25, 0.3) is 22.2 Å². The number of para-hydroxylation sites is 1. The molecule has 0 spiro atoms. The summed E-state index contributed by atoms with van der Waals surface area (Å²) in [7, 11) is 2.15. The molecule has 1 aromatic heterocycles. The highest BCUT2D eigenvalue weighted by Crippen LogP contribution is 2.33. The third kappa shape index (κ3) is 1.47. The Kier molecular flexibility index (Phi) is 2.48. The molecule has 0 radical (unpaired) electrons. The number of fused-ring (bicyclic) bond motifs is 1. The first kappa shape index (κ1) is 11.1. The predicted octanol–water partition coefficient (Wildman–Crippen LogP) is 4.46. The van der Waals surface area contributed by atoms with Gasteiger partial charge >= 0.3 is 0 Å². The van der Waals surface area contributed by atoms with Gasteiger partial charge in [-0.1, -0.05) is 42.5 Å². The molecule has 1 heterocycles. The fourth-order valence-electron chi connectivity index (χ4n) is 2.80. The molecular weight excluding hydrogens is 218 g/mol. The highest BCUT2D eigenvalue weighted by Gasteiger charge is 2.13. The zero-order chi connectivity index (χ0) is 12.7. The van der Waals surface area contributed by atoms with Crippen LogP contribution in [-0.2, 0) is 7.05 Å². The van der Waals surface area contributed by atoms with Crippen LogP contribution in [0.4, 0.5) is 0 Å². The van der Waals surface area contributed by atoms with Gasteiger partial charge in [0.25, 0.3) is 0 Å². The third-order valence-electron chi connectivity index (χ3n) is 3.76. The molecule has 2 aromatic carbocycles. The van der Waals surface area contributed by atoms with E-state index in [2.05, 4.69) is 74.0 Å². The largest absolute Gasteiger partial charge is 0.343 e. The third-order valence-corrected chi connectivity index (χ3v) is 3.76. The standard InChI is InChI=1S/C17H17N/c1-12-8-4-5-9-14(12)17-13(2)15-10-6-7-11-16(15)18(17)3/h4-11H,1-3H3. The van der Waals surface area contributed by atoms with E-state index in [-0.39, 0.29) is 0 Å². The molecule has 0 aliphatic rings. The molecule has 0 N–H and O–H groups in total. The Morgan fingerprint density at radius 1 is 0.833 bits per heavy atom. The summed E-state index contributed by atoms with van der Waals surface area (Å²) < 4.78 is 2.30. The molecule has 1 nitrogen and oxygen atoms in total. The van der Waals surface area contributed by atoms with Crippen LogP contribution in [-0.4, -0.2) is 4.57 Å². The minimum atomic E-state index is 1.30. The molecule has 3 rings (SSSR count). The lowest BCUT2D eigenvalue weighted by molar-refractivity contribution is 0.972. The molecule has 3 aromatic rings. The molecule has 0 saturated carbocycles. The SMILES string of the molecule is Cc1ccccc1-c1c(C)c2ccccc2n1C. The van der Waals surface area contributed by atoms with Crippen LogP contribution in [0.2, 0.25) is 0 Å². The smallest absolute Gasteiger partial charge is 0.0521 e. The van der Waals surface area contributed by atoms with Crippen molar-refractivity contribution in [2.24, 2.45) is 7.05 Å². The lowest BCUT2D eigenvalue weighted by atomic mass is 10.0. The number of hydrogen-bond donors (Lipinski definition) is 0. The quantitative estimate of drug-likeness (QED) is 0.586. The van der Waals surface area contributed by atoms with Crippen molar-refractivity contribution < 1.29 is 0 Å². The maximum atomic E-state index is 2.30. The zero-order valence-electron chi connectivity index (χ0n) is 11.1. The maximum absolute atomic E-state index is 2.30. The highest BCUT2D eigenvalue weighted by atomic mass is 14.9. The van der Waals surface area contributed by atoms with Gasteiger partial charge in [0.2, 0.25) is 0 Å². The Morgan fingerprint density at radius 3 is 2.22 bits per heavy atom. The van der Waals surface area contributed by atoms with Crippen molar-refractivity contribution >= 4 is 10.9 Å². The second-order valence-electron chi connectivity index (χ2n) is 4.86. The van der Waals surface area contributed by atoms with Crippen molar-refractivity contribution in [3.63, 3.8) is 0 Å². The molecule has 90 valence electrons. The van der Waals surface area contributed by atoms with Gasteiger partial charge in [0, 0.05) is 23.5 Å². The average molecular weight is 235 g/mol. The lowest BCUT2D eigenvalue weighted by Gasteiger charge is -2.09. The Labute approximate surface area is 108 Å². The van der Waals surface area contributed by atoms with E-state index in [0.717, 1.165) is 0 Å². The molecule has 0 atom stereocenters. The van der Waals surface area contributed by atoms with Gasteiger partial charge in [0.05, 0.1) is 5.69 Å².